The minimum absolute atomic E-state index is 0.0205. The van der Waals surface area contributed by atoms with Crippen molar-refractivity contribution < 1.29 is 29.3 Å². The van der Waals surface area contributed by atoms with Gasteiger partial charge in [0.05, 0.1) is 6.29 Å². The molecule has 0 fully saturated rings. The number of carboxylic acids is 1. The van der Waals surface area contributed by atoms with Crippen molar-refractivity contribution in [3.05, 3.63) is 35.9 Å². The van der Waals surface area contributed by atoms with E-state index in [4.69, 9.17) is 0 Å². The highest BCUT2D eigenvalue weighted by Crippen LogP contribution is 2.50. The molecule has 0 heterocycles. The minimum Gasteiger partial charge on any atom is -0.480 e. The number of benzene rings is 1. The second-order valence-electron chi connectivity index (χ2n) is 9.64. The van der Waals surface area contributed by atoms with Gasteiger partial charge >= 0.3 is 12.0 Å². The van der Waals surface area contributed by atoms with Gasteiger partial charge in [-0.25, -0.2) is 9.59 Å². The number of carbonyl (C=O) groups excluding carboxylic acids is 2. The number of unbranched alkanes of at least 4 members (excludes halogenated alkanes) is 1. The van der Waals surface area contributed by atoms with Crippen molar-refractivity contribution in [3.8, 4) is 0 Å². The third-order valence-corrected chi connectivity index (χ3v) is 8.18. The Morgan fingerprint density at radius 1 is 1.06 bits per heavy atom. The van der Waals surface area contributed by atoms with Crippen LogP contribution in [0.2, 0.25) is 0 Å². The highest BCUT2D eigenvalue weighted by molar-refractivity contribution is 7.61. The van der Waals surface area contributed by atoms with E-state index < -0.39 is 37.5 Å². The smallest absolute Gasteiger partial charge is 0.347 e. The lowest BCUT2D eigenvalue weighted by Gasteiger charge is -2.36. The van der Waals surface area contributed by atoms with Crippen LogP contribution in [-0.2, 0) is 20.6 Å². The Labute approximate surface area is 209 Å². The molecule has 0 saturated heterocycles. The summed E-state index contributed by atoms with van der Waals surface area (Å²) in [5.41, 5.74) is 1.06. The van der Waals surface area contributed by atoms with Crippen molar-refractivity contribution in [3.63, 3.8) is 0 Å². The number of hydrogen-bond donors (Lipinski definition) is 3. The Balaban J connectivity index is 3.23. The molecule has 0 aliphatic heterocycles. The van der Waals surface area contributed by atoms with Crippen LogP contribution >= 0.6 is 7.29 Å². The number of aryl methyl sites for hydroxylation is 1. The summed E-state index contributed by atoms with van der Waals surface area (Å²) in [5, 5.41) is 23.1. The van der Waals surface area contributed by atoms with E-state index in [2.05, 4.69) is 5.32 Å². The Morgan fingerprint density at radius 2 is 1.69 bits per heavy atom. The average molecular weight is 512 g/mol. The number of aliphatic carboxylic acids is 1. The molecule has 0 bridgehead atoms. The highest BCUT2D eigenvalue weighted by Gasteiger charge is 2.40. The largest absolute Gasteiger partial charge is 0.480 e. The number of hydroxylamine groups is 1. The zero-order valence-electron chi connectivity index (χ0n) is 21.6. The highest BCUT2D eigenvalue weighted by atomic mass is 31.2. The van der Waals surface area contributed by atoms with Crippen LogP contribution in [0.25, 0.3) is 0 Å². The van der Waals surface area contributed by atoms with Crippen molar-refractivity contribution in [2.24, 2.45) is 5.92 Å². The van der Waals surface area contributed by atoms with Gasteiger partial charge in [-0.2, -0.15) is 0 Å². The van der Waals surface area contributed by atoms with Gasteiger partial charge in [0.15, 0.2) is 0 Å². The standard InChI is InChI=1S/C25H42N3O6P/c1-6-7-16-35(34,28(33)25(32)26-20(4)5)18-27(22(24(30)31)17-19(2)3)23(29)15-11-14-21-12-9-8-10-13-21/h8-10,12-13,19-20,22,33H,6-7,11,14-18H2,1-5H3,(H,26,32)(H,30,31)/t22-,35?/m0/s1. The van der Waals surface area contributed by atoms with Gasteiger partial charge in [-0.15, -0.1) is 4.83 Å². The molecule has 0 radical (unpaired) electrons. The molecule has 198 valence electrons. The summed E-state index contributed by atoms with van der Waals surface area (Å²) < 4.78 is 13.9. The first-order valence-corrected chi connectivity index (χ1v) is 14.4. The summed E-state index contributed by atoms with van der Waals surface area (Å²) in [5.74, 6) is -1.70. The molecule has 3 N–H and O–H groups in total. The minimum atomic E-state index is -3.86. The van der Waals surface area contributed by atoms with Gasteiger partial charge in [0, 0.05) is 18.6 Å². The van der Waals surface area contributed by atoms with Gasteiger partial charge in [0.2, 0.25) is 13.2 Å². The number of rotatable bonds is 15. The summed E-state index contributed by atoms with van der Waals surface area (Å²) in [6.45, 7) is 8.98. The summed E-state index contributed by atoms with van der Waals surface area (Å²) >= 11 is 0. The quantitative estimate of drug-likeness (QED) is 0.169. The lowest BCUT2D eigenvalue weighted by molar-refractivity contribution is -0.150. The molecule has 1 aromatic rings. The zero-order chi connectivity index (χ0) is 26.6. The third-order valence-electron chi connectivity index (χ3n) is 5.55. The third kappa shape index (κ3) is 10.4. The SMILES string of the molecule is CCCCP(=O)(CN(C(=O)CCCc1ccccc1)[C@@H](CC(C)C)C(=O)O)N(O)C(=O)NC(C)C. The van der Waals surface area contributed by atoms with Crippen molar-refractivity contribution in [2.75, 3.05) is 12.4 Å². The monoisotopic (exact) mass is 511 g/mol. The van der Waals surface area contributed by atoms with E-state index in [0.29, 0.717) is 25.7 Å². The Bertz CT molecular complexity index is 862. The van der Waals surface area contributed by atoms with Crippen LogP contribution < -0.4 is 5.32 Å². The van der Waals surface area contributed by atoms with Crippen LogP contribution in [-0.4, -0.2) is 62.5 Å². The van der Waals surface area contributed by atoms with Crippen molar-refractivity contribution in [1.29, 1.82) is 0 Å². The van der Waals surface area contributed by atoms with Gasteiger partial charge in [0.1, 0.15) is 6.04 Å². The second-order valence-corrected chi connectivity index (χ2v) is 12.4. The normalized spacial score (nSPS) is 13.8. The molecular weight excluding hydrogens is 469 g/mol. The lowest BCUT2D eigenvalue weighted by atomic mass is 10.0. The predicted octanol–water partition coefficient (Wildman–Crippen LogP) is 5.18. The zero-order valence-corrected chi connectivity index (χ0v) is 22.5. The van der Waals surface area contributed by atoms with Crippen LogP contribution in [0.4, 0.5) is 4.79 Å². The van der Waals surface area contributed by atoms with E-state index in [1.165, 1.54) is 0 Å². The first kappa shape index (κ1) is 30.7. The molecule has 35 heavy (non-hydrogen) atoms. The van der Waals surface area contributed by atoms with Gasteiger partial charge in [-0.05, 0) is 51.0 Å². The summed E-state index contributed by atoms with van der Waals surface area (Å²) in [4.78, 5) is 39.3. The molecular formula is C25H42N3O6P. The fraction of sp³-hybridized carbons (Fsp3) is 0.640. The second kappa shape index (κ2) is 14.9. The van der Waals surface area contributed by atoms with Gasteiger partial charge in [-0.3, -0.25) is 14.6 Å². The van der Waals surface area contributed by atoms with E-state index in [1.54, 1.807) is 13.8 Å². The van der Waals surface area contributed by atoms with E-state index >= 15 is 0 Å². The molecule has 10 heteroatoms. The van der Waals surface area contributed by atoms with Crippen LogP contribution in [0.1, 0.15) is 72.3 Å². The van der Waals surface area contributed by atoms with E-state index in [1.807, 2.05) is 51.1 Å². The maximum Gasteiger partial charge on any atom is 0.347 e. The molecule has 1 unspecified atom stereocenters. The van der Waals surface area contributed by atoms with Gasteiger partial charge in [-0.1, -0.05) is 57.5 Å². The fourth-order valence-corrected chi connectivity index (χ4v) is 6.21. The molecule has 0 saturated carbocycles. The number of carbonyl (C=O) groups is 3. The molecule has 0 spiro atoms. The first-order chi connectivity index (χ1) is 16.4. The molecule has 1 aromatic carbocycles. The average Bonchev–Trinajstić information content (AvgIpc) is 2.79. The van der Waals surface area contributed by atoms with Crippen LogP contribution in [0.5, 0.6) is 0 Å². The van der Waals surface area contributed by atoms with Gasteiger partial charge in [0.25, 0.3) is 0 Å². The summed E-state index contributed by atoms with van der Waals surface area (Å²) in [7, 11) is -3.86. The maximum absolute atomic E-state index is 13.9. The lowest BCUT2D eigenvalue weighted by Crippen LogP contribution is -2.48. The molecule has 3 amide bonds. The first-order valence-electron chi connectivity index (χ1n) is 12.4. The molecule has 1 rings (SSSR count). The Kier molecular flexibility index (Phi) is 13.0. The molecule has 9 nitrogen and oxygen atoms in total. The number of urea groups is 1. The molecule has 0 aliphatic carbocycles. The van der Waals surface area contributed by atoms with Crippen molar-refractivity contribution in [1.82, 2.24) is 15.1 Å². The molecule has 0 aromatic heterocycles. The van der Waals surface area contributed by atoms with Crippen LogP contribution in [0.15, 0.2) is 30.3 Å². The Hall–Kier alpha value is -2.38. The number of hydrogen-bond acceptors (Lipinski definition) is 5. The maximum atomic E-state index is 13.9. The van der Waals surface area contributed by atoms with Crippen molar-refractivity contribution >= 4 is 25.2 Å². The molecule has 0 aliphatic rings. The fourth-order valence-electron chi connectivity index (χ4n) is 3.73. The number of carboxylic acid groups (broad SMARTS) is 1. The summed E-state index contributed by atoms with van der Waals surface area (Å²) in [6, 6.07) is 7.20. The number of amides is 3. The topological polar surface area (TPSA) is 127 Å². The predicted molar refractivity (Wildman–Crippen MR) is 137 cm³/mol. The van der Waals surface area contributed by atoms with Gasteiger partial charge < -0.3 is 15.3 Å². The molecule has 2 atom stereocenters. The Morgan fingerprint density at radius 3 is 2.20 bits per heavy atom. The van der Waals surface area contributed by atoms with Crippen molar-refractivity contribution in [2.45, 2.75) is 85.2 Å². The van der Waals surface area contributed by atoms with E-state index in [-0.39, 0.29) is 35.8 Å². The van der Waals surface area contributed by atoms with Crippen LogP contribution in [0.3, 0.4) is 0 Å². The summed E-state index contributed by atoms with van der Waals surface area (Å²) in [6.07, 6.45) is 1.92. The number of nitrogens with zero attached hydrogens (tertiary/aromatic N) is 2. The van der Waals surface area contributed by atoms with E-state index in [0.717, 1.165) is 10.5 Å². The number of nitrogens with one attached hydrogen (secondary N) is 1. The van der Waals surface area contributed by atoms with Crippen LogP contribution in [0, 0.1) is 5.92 Å². The van der Waals surface area contributed by atoms with E-state index in [9.17, 15) is 29.3 Å².